The van der Waals surface area contributed by atoms with Crippen molar-refractivity contribution in [1.29, 1.82) is 0 Å². The fourth-order valence-electron chi connectivity index (χ4n) is 3.35. The molecule has 8 heteroatoms. The molecule has 0 saturated carbocycles. The largest absolute Gasteiger partial charge is 0.396 e. The van der Waals surface area contributed by atoms with E-state index in [0.717, 1.165) is 43.1 Å². The maximum absolute atomic E-state index is 9.46. The second-order valence-corrected chi connectivity index (χ2v) is 6.71. The fraction of sp³-hybridized carbons (Fsp3) is 0.316. The third-order valence-corrected chi connectivity index (χ3v) is 4.74. The van der Waals surface area contributed by atoms with Crippen molar-refractivity contribution in [2.45, 2.75) is 12.8 Å². The number of hydrogen-bond acceptors (Lipinski definition) is 7. The van der Waals surface area contributed by atoms with E-state index in [2.05, 4.69) is 25.3 Å². The minimum Gasteiger partial charge on any atom is -0.396 e. The monoisotopic (exact) mass is 365 g/mol. The van der Waals surface area contributed by atoms with E-state index in [1.165, 1.54) is 0 Å². The van der Waals surface area contributed by atoms with Gasteiger partial charge in [0.1, 0.15) is 5.82 Å². The van der Waals surface area contributed by atoms with Crippen LogP contribution in [0.3, 0.4) is 0 Å². The predicted molar refractivity (Wildman–Crippen MR) is 105 cm³/mol. The van der Waals surface area contributed by atoms with Crippen molar-refractivity contribution < 1.29 is 5.11 Å². The van der Waals surface area contributed by atoms with E-state index in [1.807, 2.05) is 42.5 Å². The number of piperidine rings is 1. The first-order valence-electron chi connectivity index (χ1n) is 9.10. The van der Waals surface area contributed by atoms with Crippen molar-refractivity contribution in [2.24, 2.45) is 5.92 Å². The summed E-state index contributed by atoms with van der Waals surface area (Å²) in [5.74, 6) is 1.90. The molecule has 0 bridgehead atoms. The molecule has 1 fully saturated rings. The van der Waals surface area contributed by atoms with Gasteiger partial charge in [0.15, 0.2) is 0 Å². The molecule has 2 aromatic heterocycles. The van der Waals surface area contributed by atoms with E-state index in [9.17, 15) is 5.11 Å². The summed E-state index contributed by atoms with van der Waals surface area (Å²) in [5, 5.41) is 17.1. The molecule has 1 saturated heterocycles. The molecule has 1 aromatic carbocycles. The molecule has 8 nitrogen and oxygen atoms in total. The van der Waals surface area contributed by atoms with Crippen molar-refractivity contribution in [1.82, 2.24) is 19.7 Å². The Bertz CT molecular complexity index is 896. The number of aliphatic hydroxyl groups is 1. The van der Waals surface area contributed by atoms with Gasteiger partial charge in [-0.2, -0.15) is 9.67 Å². The number of aromatic nitrogens is 4. The number of nitrogens with two attached hydrogens (primary N) is 1. The van der Waals surface area contributed by atoms with E-state index in [-0.39, 0.29) is 6.61 Å². The summed E-state index contributed by atoms with van der Waals surface area (Å²) in [6.07, 6.45) is 3.85. The van der Waals surface area contributed by atoms with Crippen LogP contribution in [0.4, 0.5) is 23.4 Å². The minimum atomic E-state index is 0.209. The van der Waals surface area contributed by atoms with E-state index in [1.54, 1.807) is 10.9 Å². The number of nitrogens with one attached hydrogen (secondary N) is 1. The highest BCUT2D eigenvalue weighted by molar-refractivity contribution is 5.55. The van der Waals surface area contributed by atoms with Crippen LogP contribution in [0.1, 0.15) is 12.8 Å². The van der Waals surface area contributed by atoms with Crippen LogP contribution in [-0.4, -0.2) is 44.6 Å². The Labute approximate surface area is 157 Å². The van der Waals surface area contributed by atoms with Gasteiger partial charge < -0.3 is 21.1 Å². The first-order chi connectivity index (χ1) is 13.2. The molecular formula is C19H23N7O. The second kappa shape index (κ2) is 7.63. The number of nitrogens with zero attached hydrogens (tertiary/aromatic N) is 5. The number of anilines is 4. The molecule has 0 aliphatic carbocycles. The number of para-hydroxylation sites is 1. The number of nitrogen functional groups attached to an aromatic ring is 1. The molecule has 1 atom stereocenters. The molecule has 3 heterocycles. The topological polar surface area (TPSA) is 105 Å². The Morgan fingerprint density at radius 3 is 2.89 bits per heavy atom. The smallest absolute Gasteiger partial charge is 0.248 e. The van der Waals surface area contributed by atoms with Gasteiger partial charge in [0.05, 0.1) is 5.69 Å². The minimum absolute atomic E-state index is 0.209. The Balaban J connectivity index is 1.57. The molecule has 0 spiro atoms. The maximum atomic E-state index is 9.46. The number of aliphatic hydroxyl groups excluding tert-OH is 1. The highest BCUT2D eigenvalue weighted by Gasteiger charge is 2.21. The molecule has 0 radical (unpaired) electrons. The molecule has 4 rings (SSSR count). The van der Waals surface area contributed by atoms with Crippen LogP contribution < -0.4 is 16.0 Å². The molecule has 4 N–H and O–H groups in total. The zero-order valence-corrected chi connectivity index (χ0v) is 15.0. The Morgan fingerprint density at radius 2 is 2.07 bits per heavy atom. The molecule has 1 aliphatic rings. The van der Waals surface area contributed by atoms with Crippen LogP contribution in [0.5, 0.6) is 0 Å². The van der Waals surface area contributed by atoms with Gasteiger partial charge in [-0.1, -0.05) is 18.2 Å². The zero-order chi connectivity index (χ0) is 18.6. The average Bonchev–Trinajstić information content (AvgIpc) is 3.09. The highest BCUT2D eigenvalue weighted by atomic mass is 16.3. The third kappa shape index (κ3) is 3.85. The van der Waals surface area contributed by atoms with Crippen molar-refractivity contribution >= 4 is 23.4 Å². The van der Waals surface area contributed by atoms with Crippen LogP contribution >= 0.6 is 0 Å². The van der Waals surface area contributed by atoms with Gasteiger partial charge in [0, 0.05) is 37.6 Å². The summed E-state index contributed by atoms with van der Waals surface area (Å²) < 4.78 is 1.60. The highest BCUT2D eigenvalue weighted by Crippen LogP contribution is 2.24. The quantitative estimate of drug-likeness (QED) is 0.636. The summed E-state index contributed by atoms with van der Waals surface area (Å²) in [6.45, 7) is 1.95. The van der Waals surface area contributed by atoms with Gasteiger partial charge in [0.2, 0.25) is 11.9 Å². The maximum Gasteiger partial charge on any atom is 0.248 e. The Kier molecular flexibility index (Phi) is 4.88. The molecular weight excluding hydrogens is 342 g/mol. The van der Waals surface area contributed by atoms with Gasteiger partial charge in [-0.3, -0.25) is 0 Å². The number of benzene rings is 1. The Hall–Kier alpha value is -3.13. The first-order valence-corrected chi connectivity index (χ1v) is 9.10. The second-order valence-electron chi connectivity index (χ2n) is 6.71. The van der Waals surface area contributed by atoms with Crippen molar-refractivity contribution in [3.05, 3.63) is 48.7 Å². The van der Waals surface area contributed by atoms with Gasteiger partial charge in [0.25, 0.3) is 0 Å². The van der Waals surface area contributed by atoms with Crippen LogP contribution in [0.15, 0.2) is 48.7 Å². The standard InChI is InChI=1S/C19H23N7O/c20-18-23-19(22-15-6-2-1-3-7-15)24-26(18)16-8-9-21-17(11-16)25-10-4-5-14(12-25)13-27/h1-3,6-9,11,14,27H,4-5,10,12-13H2,(H3,20,22,23,24). The molecule has 1 aliphatic heterocycles. The van der Waals surface area contributed by atoms with Crippen LogP contribution in [0.2, 0.25) is 0 Å². The lowest BCUT2D eigenvalue weighted by Crippen LogP contribution is -2.37. The lowest BCUT2D eigenvalue weighted by atomic mass is 9.99. The van der Waals surface area contributed by atoms with Crippen LogP contribution in [-0.2, 0) is 0 Å². The molecule has 140 valence electrons. The van der Waals surface area contributed by atoms with Gasteiger partial charge in [-0.25, -0.2) is 4.98 Å². The van der Waals surface area contributed by atoms with Crippen molar-refractivity contribution in [3.8, 4) is 5.69 Å². The first kappa shape index (κ1) is 17.3. The fourth-order valence-corrected chi connectivity index (χ4v) is 3.35. The van der Waals surface area contributed by atoms with Gasteiger partial charge >= 0.3 is 0 Å². The van der Waals surface area contributed by atoms with Gasteiger partial charge in [-0.15, -0.1) is 5.10 Å². The van der Waals surface area contributed by atoms with Crippen molar-refractivity contribution in [2.75, 3.05) is 35.6 Å². The lowest BCUT2D eigenvalue weighted by molar-refractivity contribution is 0.208. The molecule has 27 heavy (non-hydrogen) atoms. The van der Waals surface area contributed by atoms with Crippen LogP contribution in [0, 0.1) is 5.92 Å². The molecule has 3 aromatic rings. The van der Waals surface area contributed by atoms with E-state index >= 15 is 0 Å². The SMILES string of the molecule is Nc1nc(Nc2ccccc2)nn1-c1ccnc(N2CCCC(CO)C2)c1. The Morgan fingerprint density at radius 1 is 1.22 bits per heavy atom. The van der Waals surface area contributed by atoms with E-state index in [0.29, 0.717) is 17.8 Å². The number of hydrogen-bond donors (Lipinski definition) is 3. The van der Waals surface area contributed by atoms with Crippen LogP contribution in [0.25, 0.3) is 5.69 Å². The normalized spacial score (nSPS) is 17.1. The summed E-state index contributed by atoms with van der Waals surface area (Å²) in [4.78, 5) is 11.0. The lowest BCUT2D eigenvalue weighted by Gasteiger charge is -2.32. The molecule has 1 unspecified atom stereocenters. The summed E-state index contributed by atoms with van der Waals surface area (Å²) in [7, 11) is 0. The number of rotatable bonds is 5. The zero-order valence-electron chi connectivity index (χ0n) is 15.0. The molecule has 0 amide bonds. The predicted octanol–water partition coefficient (Wildman–Crippen LogP) is 2.20. The third-order valence-electron chi connectivity index (χ3n) is 4.74. The summed E-state index contributed by atoms with van der Waals surface area (Å²) in [5.41, 5.74) is 7.78. The number of pyridine rings is 1. The average molecular weight is 365 g/mol. The summed E-state index contributed by atoms with van der Waals surface area (Å²) >= 11 is 0. The van der Waals surface area contributed by atoms with Gasteiger partial charge in [-0.05, 0) is 37.0 Å². The summed E-state index contributed by atoms with van der Waals surface area (Å²) in [6, 6.07) is 13.5. The van der Waals surface area contributed by atoms with E-state index in [4.69, 9.17) is 5.73 Å². The van der Waals surface area contributed by atoms with E-state index < -0.39 is 0 Å². The van der Waals surface area contributed by atoms with Crippen molar-refractivity contribution in [3.63, 3.8) is 0 Å².